The third-order valence-corrected chi connectivity index (χ3v) is 4.90. The van der Waals surface area contributed by atoms with Crippen LogP contribution >= 0.6 is 23.1 Å². The van der Waals surface area contributed by atoms with Gasteiger partial charge < -0.3 is 4.74 Å². The molecule has 1 atom stereocenters. The topological polar surface area (TPSA) is 52.1 Å². The molecule has 0 saturated heterocycles. The average molecular weight is 294 g/mol. The summed E-state index contributed by atoms with van der Waals surface area (Å²) < 4.78 is 5.55. The molecule has 0 amide bonds. The summed E-state index contributed by atoms with van der Waals surface area (Å²) in [6.07, 6.45) is 0.706. The first-order valence-corrected chi connectivity index (χ1v) is 7.57. The lowest BCUT2D eigenvalue weighted by Gasteiger charge is -2.08. The standard InChI is InChI=1S/C13H14N2O2S2/c1-3-10(12(16)17-2)18-13-15-14-11(19-13)9-7-5-4-6-8-9/h4-8,10H,3H2,1-2H3. The number of nitrogens with zero attached hydrogens (tertiary/aromatic N) is 2. The summed E-state index contributed by atoms with van der Waals surface area (Å²) in [5.74, 6) is -0.219. The van der Waals surface area contributed by atoms with Gasteiger partial charge in [-0.2, -0.15) is 0 Å². The second kappa shape index (κ2) is 6.68. The van der Waals surface area contributed by atoms with Crippen molar-refractivity contribution in [3.05, 3.63) is 30.3 Å². The van der Waals surface area contributed by atoms with E-state index in [2.05, 4.69) is 10.2 Å². The number of thioether (sulfide) groups is 1. The molecule has 0 N–H and O–H groups in total. The molecule has 1 heterocycles. The van der Waals surface area contributed by atoms with Crippen LogP contribution < -0.4 is 0 Å². The van der Waals surface area contributed by atoms with Crippen molar-refractivity contribution in [1.29, 1.82) is 0 Å². The van der Waals surface area contributed by atoms with E-state index in [1.54, 1.807) is 0 Å². The van der Waals surface area contributed by atoms with Crippen LogP contribution in [0, 0.1) is 0 Å². The number of ether oxygens (including phenoxy) is 1. The number of aromatic nitrogens is 2. The van der Waals surface area contributed by atoms with Gasteiger partial charge in [0.25, 0.3) is 0 Å². The third kappa shape index (κ3) is 3.54. The highest BCUT2D eigenvalue weighted by Crippen LogP contribution is 2.32. The molecule has 0 saturated carbocycles. The lowest BCUT2D eigenvalue weighted by molar-refractivity contribution is -0.140. The molecular formula is C13H14N2O2S2. The van der Waals surface area contributed by atoms with Crippen LogP contribution in [0.25, 0.3) is 10.6 Å². The number of hydrogen-bond acceptors (Lipinski definition) is 6. The van der Waals surface area contributed by atoms with E-state index in [0.29, 0.717) is 6.42 Å². The SMILES string of the molecule is CCC(Sc1nnc(-c2ccccc2)s1)C(=O)OC. The Hall–Kier alpha value is -1.40. The van der Waals surface area contributed by atoms with Crippen molar-refractivity contribution in [2.45, 2.75) is 22.9 Å². The van der Waals surface area contributed by atoms with Gasteiger partial charge in [-0.1, -0.05) is 60.4 Å². The first kappa shape index (κ1) is 14.0. The van der Waals surface area contributed by atoms with E-state index in [-0.39, 0.29) is 11.2 Å². The van der Waals surface area contributed by atoms with Gasteiger partial charge in [-0.05, 0) is 6.42 Å². The van der Waals surface area contributed by atoms with Crippen LogP contribution in [0.15, 0.2) is 34.7 Å². The molecule has 6 heteroatoms. The molecule has 4 nitrogen and oxygen atoms in total. The van der Waals surface area contributed by atoms with Crippen molar-refractivity contribution in [2.24, 2.45) is 0 Å². The molecule has 100 valence electrons. The monoisotopic (exact) mass is 294 g/mol. The smallest absolute Gasteiger partial charge is 0.319 e. The van der Waals surface area contributed by atoms with E-state index in [9.17, 15) is 4.79 Å². The van der Waals surface area contributed by atoms with Crippen molar-refractivity contribution >= 4 is 29.1 Å². The van der Waals surface area contributed by atoms with Crippen LogP contribution in [0.2, 0.25) is 0 Å². The number of benzene rings is 1. The second-order valence-electron chi connectivity index (χ2n) is 3.78. The fourth-order valence-electron chi connectivity index (χ4n) is 1.51. The zero-order chi connectivity index (χ0) is 13.7. The van der Waals surface area contributed by atoms with Gasteiger partial charge in [0.1, 0.15) is 10.3 Å². The lowest BCUT2D eigenvalue weighted by Crippen LogP contribution is -2.17. The van der Waals surface area contributed by atoms with Gasteiger partial charge in [-0.3, -0.25) is 4.79 Å². The molecule has 19 heavy (non-hydrogen) atoms. The molecule has 2 rings (SSSR count). The van der Waals surface area contributed by atoms with Gasteiger partial charge in [-0.15, -0.1) is 10.2 Å². The van der Waals surface area contributed by atoms with E-state index < -0.39 is 0 Å². The van der Waals surface area contributed by atoms with Crippen molar-refractivity contribution < 1.29 is 9.53 Å². The van der Waals surface area contributed by atoms with E-state index in [1.165, 1.54) is 30.2 Å². The quantitative estimate of drug-likeness (QED) is 0.626. The molecule has 0 aliphatic carbocycles. The summed E-state index contributed by atoms with van der Waals surface area (Å²) in [5.41, 5.74) is 1.04. The zero-order valence-corrected chi connectivity index (χ0v) is 12.3. The maximum absolute atomic E-state index is 11.5. The number of esters is 1. The van der Waals surface area contributed by atoms with Crippen molar-refractivity contribution in [3.63, 3.8) is 0 Å². The van der Waals surface area contributed by atoms with Crippen molar-refractivity contribution in [3.8, 4) is 10.6 Å². The van der Waals surface area contributed by atoms with Crippen LogP contribution in [0.1, 0.15) is 13.3 Å². The van der Waals surface area contributed by atoms with E-state index in [0.717, 1.165) is 14.9 Å². The molecule has 0 aliphatic rings. The summed E-state index contributed by atoms with van der Waals surface area (Å²) in [6, 6.07) is 9.88. The molecular weight excluding hydrogens is 280 g/mol. The van der Waals surface area contributed by atoms with E-state index in [1.807, 2.05) is 37.3 Å². The minimum absolute atomic E-state index is 0.219. The molecule has 1 unspecified atom stereocenters. The summed E-state index contributed by atoms with van der Waals surface area (Å²) in [7, 11) is 1.40. The highest BCUT2D eigenvalue weighted by molar-refractivity contribution is 8.02. The fourth-order valence-corrected chi connectivity index (χ4v) is 3.56. The van der Waals surface area contributed by atoms with Gasteiger partial charge in [0.15, 0.2) is 4.34 Å². The first-order valence-electron chi connectivity index (χ1n) is 5.88. The van der Waals surface area contributed by atoms with Crippen molar-refractivity contribution in [2.75, 3.05) is 7.11 Å². The van der Waals surface area contributed by atoms with Gasteiger partial charge in [0, 0.05) is 5.56 Å². The minimum Gasteiger partial charge on any atom is -0.468 e. The average Bonchev–Trinajstić information content (AvgIpc) is 2.93. The number of methoxy groups -OCH3 is 1. The van der Waals surface area contributed by atoms with Gasteiger partial charge in [0.05, 0.1) is 7.11 Å². The molecule has 0 aliphatic heterocycles. The molecule has 0 bridgehead atoms. The van der Waals surface area contributed by atoms with Gasteiger partial charge >= 0.3 is 5.97 Å². The molecule has 0 spiro atoms. The third-order valence-electron chi connectivity index (χ3n) is 2.51. The molecule has 0 radical (unpaired) electrons. The summed E-state index contributed by atoms with van der Waals surface area (Å²) in [5, 5.41) is 8.92. The Kier molecular flexibility index (Phi) is 4.93. The Balaban J connectivity index is 2.11. The summed E-state index contributed by atoms with van der Waals surface area (Å²) >= 11 is 2.90. The molecule has 0 fully saturated rings. The van der Waals surface area contributed by atoms with Crippen LogP contribution in [0.5, 0.6) is 0 Å². The van der Waals surface area contributed by atoms with E-state index >= 15 is 0 Å². The second-order valence-corrected chi connectivity index (χ2v) is 6.20. The molecule has 1 aromatic carbocycles. The Morgan fingerprint density at radius 2 is 2.11 bits per heavy atom. The van der Waals surface area contributed by atoms with E-state index in [4.69, 9.17) is 4.74 Å². The Morgan fingerprint density at radius 3 is 2.74 bits per heavy atom. The molecule has 1 aromatic heterocycles. The normalized spacial score (nSPS) is 12.1. The van der Waals surface area contributed by atoms with Crippen LogP contribution in [0.3, 0.4) is 0 Å². The number of carbonyl (C=O) groups excluding carboxylic acids is 1. The Morgan fingerprint density at radius 1 is 1.37 bits per heavy atom. The largest absolute Gasteiger partial charge is 0.468 e. The summed E-state index contributed by atoms with van der Waals surface area (Å²) in [6.45, 7) is 1.95. The number of rotatable bonds is 5. The number of hydrogen-bond donors (Lipinski definition) is 0. The zero-order valence-electron chi connectivity index (χ0n) is 10.7. The highest BCUT2D eigenvalue weighted by Gasteiger charge is 2.20. The maximum atomic E-state index is 11.5. The van der Waals surface area contributed by atoms with Crippen molar-refractivity contribution in [1.82, 2.24) is 10.2 Å². The van der Waals surface area contributed by atoms with Crippen LogP contribution in [-0.4, -0.2) is 28.5 Å². The Labute approximate surface area is 120 Å². The Bertz CT molecular complexity index is 543. The van der Waals surface area contributed by atoms with Crippen LogP contribution in [-0.2, 0) is 9.53 Å². The summed E-state index contributed by atoms with van der Waals surface area (Å²) in [4.78, 5) is 11.5. The lowest BCUT2D eigenvalue weighted by atomic mass is 10.2. The minimum atomic E-state index is -0.221. The first-order chi connectivity index (χ1) is 9.24. The van der Waals surface area contributed by atoms with Gasteiger partial charge in [-0.25, -0.2) is 0 Å². The predicted octanol–water partition coefficient (Wildman–Crippen LogP) is 3.25. The van der Waals surface area contributed by atoms with Crippen LogP contribution in [0.4, 0.5) is 0 Å². The fraction of sp³-hybridized carbons (Fsp3) is 0.308. The molecule has 2 aromatic rings. The maximum Gasteiger partial charge on any atom is 0.319 e. The number of carbonyl (C=O) groups is 1. The highest BCUT2D eigenvalue weighted by atomic mass is 32.2. The van der Waals surface area contributed by atoms with Gasteiger partial charge in [0.2, 0.25) is 0 Å². The predicted molar refractivity (Wildman–Crippen MR) is 77.3 cm³/mol.